The predicted molar refractivity (Wildman–Crippen MR) is 26.8 cm³/mol. The summed E-state index contributed by atoms with van der Waals surface area (Å²) in [6, 6.07) is 0. The van der Waals surface area contributed by atoms with Gasteiger partial charge < -0.3 is 0 Å². The fourth-order valence-electron chi connectivity index (χ4n) is 0.287. The Morgan fingerprint density at radius 1 is 1.71 bits per heavy atom. The second kappa shape index (κ2) is 3.59. The Bertz CT molecular complexity index is 62.7. The van der Waals surface area contributed by atoms with E-state index in [-0.39, 0.29) is 11.5 Å². The van der Waals surface area contributed by atoms with Crippen molar-refractivity contribution in [3.63, 3.8) is 0 Å². The minimum absolute atomic E-state index is 0.122. The first kappa shape index (κ1) is 6.40. The zero-order valence-electron chi connectivity index (χ0n) is 4.39. The number of hydrogen-bond acceptors (Lipinski definition) is 2. The van der Waals surface area contributed by atoms with Gasteiger partial charge in [-0.2, -0.15) is 0 Å². The highest BCUT2D eigenvalue weighted by atomic mass is 16.6. The van der Waals surface area contributed by atoms with Crippen molar-refractivity contribution in [1.82, 2.24) is 0 Å². The number of hydrogen-bond donors (Lipinski definition) is 0. The second-order valence-electron chi connectivity index (χ2n) is 1.41. The Balaban J connectivity index is 2.82. The first-order chi connectivity index (χ1) is 3.27. The smallest absolute Gasteiger partial charge is 0.203 e. The monoisotopic (exact) mass is 103 g/mol. The van der Waals surface area contributed by atoms with Crippen molar-refractivity contribution < 1.29 is 4.92 Å². The van der Waals surface area contributed by atoms with Crippen molar-refractivity contribution in [3.05, 3.63) is 10.1 Å². The average molecular weight is 103 g/mol. The molecule has 42 valence electrons. The zero-order chi connectivity index (χ0) is 5.70. The van der Waals surface area contributed by atoms with E-state index in [1.807, 2.05) is 6.92 Å². The van der Waals surface area contributed by atoms with Crippen LogP contribution in [0, 0.1) is 10.1 Å². The van der Waals surface area contributed by atoms with Crippen LogP contribution in [0.4, 0.5) is 0 Å². The Kier molecular flexibility index (Phi) is 3.28. The van der Waals surface area contributed by atoms with Crippen molar-refractivity contribution in [3.8, 4) is 0 Å². The highest BCUT2D eigenvalue weighted by Gasteiger charge is 1.90. The first-order valence-electron chi connectivity index (χ1n) is 2.39. The summed E-state index contributed by atoms with van der Waals surface area (Å²) in [6.45, 7) is 2.06. The molecule has 0 aliphatic carbocycles. The van der Waals surface area contributed by atoms with Gasteiger partial charge in [-0.1, -0.05) is 6.92 Å². The minimum Gasteiger partial charge on any atom is -0.265 e. The molecule has 0 unspecified atom stereocenters. The lowest BCUT2D eigenvalue weighted by molar-refractivity contribution is -0.480. The maximum atomic E-state index is 9.56. The molecule has 0 aliphatic rings. The highest BCUT2D eigenvalue weighted by Crippen LogP contribution is 1.84. The topological polar surface area (TPSA) is 43.1 Å². The van der Waals surface area contributed by atoms with Crippen molar-refractivity contribution in [2.45, 2.75) is 19.8 Å². The fourth-order valence-corrected chi connectivity index (χ4v) is 0.287. The lowest BCUT2D eigenvalue weighted by atomic mass is 10.3. The average Bonchev–Trinajstić information content (AvgIpc) is 1.61. The summed E-state index contributed by atoms with van der Waals surface area (Å²) in [6.07, 6.45) is 1.61. The van der Waals surface area contributed by atoms with E-state index in [4.69, 9.17) is 0 Å². The quantitative estimate of drug-likeness (QED) is 0.396. The SMILES string of the molecule is CCCC[N+](=O)[O-]. The molecule has 0 saturated heterocycles. The third-order valence-electron chi connectivity index (χ3n) is 0.694. The lowest BCUT2D eigenvalue weighted by Gasteiger charge is -1.84. The van der Waals surface area contributed by atoms with Crippen molar-refractivity contribution in [2.75, 3.05) is 6.54 Å². The van der Waals surface area contributed by atoms with Crippen LogP contribution in [-0.4, -0.2) is 11.5 Å². The van der Waals surface area contributed by atoms with Crippen LogP contribution in [-0.2, 0) is 0 Å². The third kappa shape index (κ3) is 5.40. The van der Waals surface area contributed by atoms with Gasteiger partial charge in [-0.3, -0.25) is 10.1 Å². The van der Waals surface area contributed by atoms with E-state index in [1.54, 1.807) is 0 Å². The number of nitro groups is 1. The van der Waals surface area contributed by atoms with Gasteiger partial charge in [0.2, 0.25) is 6.54 Å². The van der Waals surface area contributed by atoms with Gasteiger partial charge in [-0.25, -0.2) is 0 Å². The molecule has 7 heavy (non-hydrogen) atoms. The molecule has 0 heterocycles. The van der Waals surface area contributed by atoms with Crippen LogP contribution in [0.25, 0.3) is 0 Å². The van der Waals surface area contributed by atoms with Crippen LogP contribution in [0.15, 0.2) is 0 Å². The highest BCUT2D eigenvalue weighted by molar-refractivity contribution is 4.27. The summed E-state index contributed by atoms with van der Waals surface area (Å²) < 4.78 is 0. The molecule has 0 N–H and O–H groups in total. The standard InChI is InChI=1S/C4H9NO2/c1-2-3-4-5(6)7/h2-4H2,1H3. The molecule has 0 atom stereocenters. The molecule has 0 spiro atoms. The summed E-state index contributed by atoms with van der Waals surface area (Å²) in [7, 11) is 0. The maximum Gasteiger partial charge on any atom is 0.203 e. The number of nitrogens with zero attached hydrogens (tertiary/aromatic N) is 1. The van der Waals surface area contributed by atoms with Crippen molar-refractivity contribution in [1.29, 1.82) is 0 Å². The van der Waals surface area contributed by atoms with Crippen LogP contribution in [0.5, 0.6) is 0 Å². The second-order valence-corrected chi connectivity index (χ2v) is 1.41. The third-order valence-corrected chi connectivity index (χ3v) is 0.694. The van der Waals surface area contributed by atoms with Crippen molar-refractivity contribution >= 4 is 0 Å². The summed E-state index contributed by atoms with van der Waals surface area (Å²) in [5, 5.41) is 9.56. The zero-order valence-corrected chi connectivity index (χ0v) is 4.39. The van der Waals surface area contributed by atoms with Gasteiger partial charge >= 0.3 is 0 Å². The molecule has 0 fully saturated rings. The van der Waals surface area contributed by atoms with E-state index in [0.29, 0.717) is 6.42 Å². The molecule has 0 rings (SSSR count). The minimum atomic E-state index is -0.288. The summed E-state index contributed by atoms with van der Waals surface area (Å²) >= 11 is 0. The van der Waals surface area contributed by atoms with Gasteiger partial charge in [0.25, 0.3) is 0 Å². The van der Waals surface area contributed by atoms with Gasteiger partial charge in [0.1, 0.15) is 0 Å². The normalized spacial score (nSPS) is 8.71. The van der Waals surface area contributed by atoms with Gasteiger partial charge in [-0.05, 0) is 6.42 Å². The molecular weight excluding hydrogens is 94.0 g/mol. The van der Waals surface area contributed by atoms with Crippen LogP contribution in [0.1, 0.15) is 19.8 Å². The van der Waals surface area contributed by atoms with E-state index in [0.717, 1.165) is 6.42 Å². The van der Waals surface area contributed by atoms with Gasteiger partial charge in [0.05, 0.1) is 0 Å². The fraction of sp³-hybridized carbons (Fsp3) is 1.00. The van der Waals surface area contributed by atoms with Gasteiger partial charge in [-0.15, -0.1) is 0 Å². The molecule has 0 aromatic rings. The van der Waals surface area contributed by atoms with E-state index in [9.17, 15) is 10.1 Å². The number of rotatable bonds is 3. The molecule has 3 nitrogen and oxygen atoms in total. The number of unbranched alkanes of at least 4 members (excludes halogenated alkanes) is 1. The van der Waals surface area contributed by atoms with Crippen molar-refractivity contribution in [2.24, 2.45) is 0 Å². The van der Waals surface area contributed by atoms with E-state index in [2.05, 4.69) is 0 Å². The molecule has 0 bridgehead atoms. The predicted octanol–water partition coefficient (Wildman–Crippen LogP) is 1.06. The summed E-state index contributed by atoms with van der Waals surface area (Å²) in [4.78, 5) is 9.28. The molecule has 0 radical (unpaired) electrons. The van der Waals surface area contributed by atoms with Crippen LogP contribution >= 0.6 is 0 Å². The summed E-state index contributed by atoms with van der Waals surface area (Å²) in [5.74, 6) is 0. The maximum absolute atomic E-state index is 9.56. The Morgan fingerprint density at radius 3 is 2.43 bits per heavy atom. The molecule has 0 aliphatic heterocycles. The van der Waals surface area contributed by atoms with Gasteiger partial charge in [0.15, 0.2) is 0 Å². The largest absolute Gasteiger partial charge is 0.265 e. The Hall–Kier alpha value is -0.600. The molecule has 3 heteroatoms. The Labute approximate surface area is 42.5 Å². The van der Waals surface area contributed by atoms with Crippen LogP contribution in [0.2, 0.25) is 0 Å². The molecule has 0 saturated carbocycles. The summed E-state index contributed by atoms with van der Waals surface area (Å²) in [5.41, 5.74) is 0. The Morgan fingerprint density at radius 2 is 2.29 bits per heavy atom. The van der Waals surface area contributed by atoms with E-state index >= 15 is 0 Å². The van der Waals surface area contributed by atoms with E-state index in [1.165, 1.54) is 0 Å². The lowest BCUT2D eigenvalue weighted by Crippen LogP contribution is -1.98. The van der Waals surface area contributed by atoms with E-state index < -0.39 is 0 Å². The first-order valence-corrected chi connectivity index (χ1v) is 2.39. The molecule has 0 aromatic heterocycles. The van der Waals surface area contributed by atoms with Crippen LogP contribution < -0.4 is 0 Å². The molecule has 0 aromatic carbocycles. The van der Waals surface area contributed by atoms with Gasteiger partial charge in [0, 0.05) is 11.3 Å². The molecule has 0 amide bonds. The van der Waals surface area contributed by atoms with Crippen LogP contribution in [0.3, 0.4) is 0 Å². The molecular formula is C4H9NO2.